The average molecular weight is 395 g/mol. The van der Waals surface area contributed by atoms with Gasteiger partial charge in [0, 0.05) is 18.5 Å². The van der Waals surface area contributed by atoms with Gasteiger partial charge >= 0.3 is 0 Å². The molecule has 1 fully saturated rings. The van der Waals surface area contributed by atoms with Crippen molar-refractivity contribution in [1.82, 2.24) is 4.31 Å². The molecule has 3 rings (SSSR count). The monoisotopic (exact) mass is 395 g/mol. The van der Waals surface area contributed by atoms with Crippen LogP contribution in [0.15, 0.2) is 58.8 Å². The molecule has 0 saturated carbocycles. The molecule has 1 saturated heterocycles. The van der Waals surface area contributed by atoms with Crippen molar-refractivity contribution in [3.63, 3.8) is 0 Å². The van der Waals surface area contributed by atoms with Crippen molar-refractivity contribution in [1.29, 1.82) is 0 Å². The fourth-order valence-electron chi connectivity index (χ4n) is 2.55. The number of sulfone groups is 1. The van der Waals surface area contributed by atoms with Crippen molar-refractivity contribution in [2.45, 2.75) is 17.1 Å². The molecule has 1 aliphatic heterocycles. The van der Waals surface area contributed by atoms with Gasteiger partial charge in [0.05, 0.1) is 10.1 Å². The van der Waals surface area contributed by atoms with Crippen molar-refractivity contribution in [3.05, 3.63) is 70.9 Å². The summed E-state index contributed by atoms with van der Waals surface area (Å²) < 4.78 is 63.6. The molecule has 8 heteroatoms. The third-order valence-electron chi connectivity index (χ3n) is 4.27. The third-order valence-corrected chi connectivity index (χ3v) is 7.87. The number of halogens is 1. The number of hydrogen-bond donors (Lipinski definition) is 0. The van der Waals surface area contributed by atoms with Crippen molar-refractivity contribution in [2.24, 2.45) is 0 Å². The molecular weight excluding hydrogens is 377 g/mol. The van der Waals surface area contributed by atoms with Gasteiger partial charge in [0.15, 0.2) is 9.84 Å². The van der Waals surface area contributed by atoms with Gasteiger partial charge in [0.2, 0.25) is 10.0 Å². The van der Waals surface area contributed by atoms with E-state index in [0.29, 0.717) is 0 Å². The SMILES string of the molecule is Cc1ccc(C=CS(=O)(=O)N2CC(S(=O)(=O)c3ccc(F)cc3)C2)cc1. The molecular formula is C18H18FNO4S2. The second-order valence-corrected chi connectivity index (χ2v) is 10.2. The lowest BCUT2D eigenvalue weighted by molar-refractivity contribution is 0.313. The van der Waals surface area contributed by atoms with Gasteiger partial charge in [-0.2, -0.15) is 4.31 Å². The van der Waals surface area contributed by atoms with Gasteiger partial charge < -0.3 is 0 Å². The highest BCUT2D eigenvalue weighted by atomic mass is 32.2. The molecule has 0 aliphatic carbocycles. The molecule has 0 aromatic heterocycles. The molecule has 26 heavy (non-hydrogen) atoms. The molecule has 5 nitrogen and oxygen atoms in total. The molecule has 0 unspecified atom stereocenters. The van der Waals surface area contributed by atoms with E-state index >= 15 is 0 Å². The molecule has 0 amide bonds. The van der Waals surface area contributed by atoms with Gasteiger partial charge in [0.1, 0.15) is 5.82 Å². The van der Waals surface area contributed by atoms with Crippen LogP contribution < -0.4 is 0 Å². The van der Waals surface area contributed by atoms with Crippen molar-refractivity contribution < 1.29 is 21.2 Å². The second kappa shape index (κ2) is 6.94. The molecule has 0 bridgehead atoms. The normalized spacial score (nSPS) is 16.7. The van der Waals surface area contributed by atoms with Gasteiger partial charge in [-0.1, -0.05) is 29.8 Å². The van der Waals surface area contributed by atoms with E-state index in [1.54, 1.807) is 12.1 Å². The number of nitrogens with zero attached hydrogens (tertiary/aromatic N) is 1. The first kappa shape index (κ1) is 18.8. The first-order chi connectivity index (χ1) is 12.2. The number of sulfonamides is 1. The largest absolute Gasteiger partial charge is 0.236 e. The lowest BCUT2D eigenvalue weighted by Crippen LogP contribution is -2.56. The summed E-state index contributed by atoms with van der Waals surface area (Å²) >= 11 is 0. The van der Waals surface area contributed by atoms with Gasteiger partial charge in [-0.3, -0.25) is 0 Å². The molecule has 1 aliphatic rings. The van der Waals surface area contributed by atoms with Gasteiger partial charge in [0.25, 0.3) is 0 Å². The highest BCUT2D eigenvalue weighted by Gasteiger charge is 2.42. The van der Waals surface area contributed by atoms with E-state index in [4.69, 9.17) is 0 Å². The Morgan fingerprint density at radius 3 is 2.12 bits per heavy atom. The van der Waals surface area contributed by atoms with Crippen LogP contribution in [0.2, 0.25) is 0 Å². The fraction of sp³-hybridized carbons (Fsp3) is 0.222. The smallest absolute Gasteiger partial charge is 0.223 e. The van der Waals surface area contributed by atoms with E-state index < -0.39 is 30.9 Å². The van der Waals surface area contributed by atoms with Gasteiger partial charge in [-0.05, 0) is 42.8 Å². The minimum Gasteiger partial charge on any atom is -0.223 e. The van der Waals surface area contributed by atoms with Crippen LogP contribution >= 0.6 is 0 Å². The highest BCUT2D eigenvalue weighted by molar-refractivity contribution is 7.93. The molecule has 2 aromatic rings. The number of hydrogen-bond acceptors (Lipinski definition) is 4. The van der Waals surface area contributed by atoms with Crippen LogP contribution in [0.4, 0.5) is 4.39 Å². The molecule has 138 valence electrons. The maximum absolute atomic E-state index is 12.9. The Bertz CT molecular complexity index is 1020. The Morgan fingerprint density at radius 2 is 1.54 bits per heavy atom. The van der Waals surface area contributed by atoms with Crippen molar-refractivity contribution >= 4 is 25.9 Å². The second-order valence-electron chi connectivity index (χ2n) is 6.20. The van der Waals surface area contributed by atoms with Gasteiger partial charge in [-0.25, -0.2) is 21.2 Å². The predicted molar refractivity (Wildman–Crippen MR) is 98.1 cm³/mol. The van der Waals surface area contributed by atoms with E-state index in [-0.39, 0.29) is 18.0 Å². The van der Waals surface area contributed by atoms with E-state index in [1.165, 1.54) is 18.2 Å². The Labute approximate surface area is 152 Å². The zero-order valence-corrected chi connectivity index (χ0v) is 15.7. The zero-order chi connectivity index (χ0) is 18.9. The van der Waals surface area contributed by atoms with Gasteiger partial charge in [-0.15, -0.1) is 0 Å². The van der Waals surface area contributed by atoms with E-state index in [0.717, 1.165) is 33.0 Å². The summed E-state index contributed by atoms with van der Waals surface area (Å²) in [7, 11) is -7.37. The molecule has 2 aromatic carbocycles. The Hall–Kier alpha value is -2.03. The first-order valence-corrected chi connectivity index (χ1v) is 11.0. The maximum atomic E-state index is 12.9. The molecule has 1 heterocycles. The summed E-state index contributed by atoms with van der Waals surface area (Å²) in [6.45, 7) is 1.71. The lowest BCUT2D eigenvalue weighted by Gasteiger charge is -2.36. The van der Waals surface area contributed by atoms with E-state index in [9.17, 15) is 21.2 Å². The van der Waals surface area contributed by atoms with Crippen LogP contribution in [0.5, 0.6) is 0 Å². The summed E-state index contributed by atoms with van der Waals surface area (Å²) in [5.41, 5.74) is 1.82. The molecule has 0 N–H and O–H groups in total. The standard InChI is InChI=1S/C18H18FNO4S2/c1-14-2-4-15(5-3-14)10-11-25(21,22)20-12-18(13-20)26(23,24)17-8-6-16(19)7-9-17/h2-11,18H,12-13H2,1H3. The van der Waals surface area contributed by atoms with Crippen molar-refractivity contribution in [3.8, 4) is 0 Å². The lowest BCUT2D eigenvalue weighted by atomic mass is 10.2. The van der Waals surface area contributed by atoms with E-state index in [2.05, 4.69) is 0 Å². The van der Waals surface area contributed by atoms with E-state index in [1.807, 2.05) is 19.1 Å². The Morgan fingerprint density at radius 1 is 0.962 bits per heavy atom. The Kier molecular flexibility index (Phi) is 5.01. The molecule has 0 atom stereocenters. The van der Waals surface area contributed by atoms with Crippen molar-refractivity contribution in [2.75, 3.05) is 13.1 Å². The Balaban J connectivity index is 1.68. The number of rotatable bonds is 5. The quantitative estimate of drug-likeness (QED) is 0.730. The predicted octanol–water partition coefficient (Wildman–Crippen LogP) is 2.59. The van der Waals surface area contributed by atoms with Crippen LogP contribution in [0.1, 0.15) is 11.1 Å². The molecule has 0 radical (unpaired) electrons. The fourth-order valence-corrected chi connectivity index (χ4v) is 5.67. The number of aryl methyl sites for hydroxylation is 1. The first-order valence-electron chi connectivity index (χ1n) is 7.93. The summed E-state index contributed by atoms with van der Waals surface area (Å²) in [5, 5.41) is 0.258. The van der Waals surface area contributed by atoms with Crippen LogP contribution in [0.3, 0.4) is 0 Å². The highest BCUT2D eigenvalue weighted by Crippen LogP contribution is 2.26. The summed E-state index contributed by atoms with van der Waals surface area (Å²) in [5.74, 6) is -0.525. The van der Waals surface area contributed by atoms with Crippen LogP contribution in [0, 0.1) is 12.7 Å². The average Bonchev–Trinajstić information content (AvgIpc) is 2.53. The minimum atomic E-state index is -3.69. The number of benzene rings is 2. The zero-order valence-electron chi connectivity index (χ0n) is 14.0. The van der Waals surface area contributed by atoms with Crippen LogP contribution in [0.25, 0.3) is 6.08 Å². The minimum absolute atomic E-state index is 0.00357. The topological polar surface area (TPSA) is 71.5 Å². The summed E-state index contributed by atoms with van der Waals surface area (Å²) in [6.07, 6.45) is 1.48. The van der Waals surface area contributed by atoms with Crippen LogP contribution in [-0.4, -0.2) is 39.5 Å². The molecule has 0 spiro atoms. The summed E-state index contributed by atoms with van der Waals surface area (Å²) in [4.78, 5) is -0.00357. The third kappa shape index (κ3) is 3.87. The van der Waals surface area contributed by atoms with Crippen LogP contribution in [-0.2, 0) is 19.9 Å². The maximum Gasteiger partial charge on any atom is 0.236 e. The summed E-state index contributed by atoms with van der Waals surface area (Å²) in [6, 6.07) is 11.9.